The van der Waals surface area contributed by atoms with E-state index in [9.17, 15) is 13.2 Å². The van der Waals surface area contributed by atoms with Crippen LogP contribution in [0.5, 0.6) is 0 Å². The SMILES string of the molecule is CC(CCN1CCC(NCS(C)(=O)=O)CC1)(C(=O)NCc1ccccc1)c1ccc(Cl)c(Cl)c1. The van der Waals surface area contributed by atoms with Gasteiger partial charge >= 0.3 is 0 Å². The Morgan fingerprint density at radius 2 is 1.76 bits per heavy atom. The van der Waals surface area contributed by atoms with Crippen molar-refractivity contribution in [3.63, 3.8) is 0 Å². The third-order valence-electron chi connectivity index (χ3n) is 6.50. The van der Waals surface area contributed by atoms with Gasteiger partial charge in [0.1, 0.15) is 0 Å². The topological polar surface area (TPSA) is 78.5 Å². The van der Waals surface area contributed by atoms with Crippen molar-refractivity contribution in [2.75, 3.05) is 31.8 Å². The summed E-state index contributed by atoms with van der Waals surface area (Å²) >= 11 is 12.4. The molecule has 1 saturated heterocycles. The van der Waals surface area contributed by atoms with Gasteiger partial charge in [-0.15, -0.1) is 0 Å². The number of nitrogens with zero attached hydrogens (tertiary/aromatic N) is 1. The van der Waals surface area contributed by atoms with Gasteiger partial charge in [-0.05, 0) is 69.1 Å². The summed E-state index contributed by atoms with van der Waals surface area (Å²) in [5.41, 5.74) is 1.09. The second kappa shape index (κ2) is 11.9. The highest BCUT2D eigenvalue weighted by Crippen LogP contribution is 2.33. The second-order valence-corrected chi connectivity index (χ2v) is 12.2. The van der Waals surface area contributed by atoms with Crippen LogP contribution in [-0.2, 0) is 26.6 Å². The van der Waals surface area contributed by atoms with E-state index in [0.29, 0.717) is 23.0 Å². The molecule has 186 valence electrons. The van der Waals surface area contributed by atoms with Gasteiger partial charge in [0, 0.05) is 18.8 Å². The largest absolute Gasteiger partial charge is 0.351 e. The summed E-state index contributed by atoms with van der Waals surface area (Å²) in [6.07, 6.45) is 3.60. The lowest BCUT2D eigenvalue weighted by Gasteiger charge is -2.36. The van der Waals surface area contributed by atoms with E-state index in [-0.39, 0.29) is 17.8 Å². The number of likely N-dealkylation sites (tertiary alicyclic amines) is 1. The van der Waals surface area contributed by atoms with Gasteiger partial charge in [-0.3, -0.25) is 4.79 Å². The average Bonchev–Trinajstić information content (AvgIpc) is 2.82. The summed E-state index contributed by atoms with van der Waals surface area (Å²) in [5.74, 6) is -0.0475. The molecule has 1 unspecified atom stereocenters. The number of carbonyl (C=O) groups is 1. The highest BCUT2D eigenvalue weighted by atomic mass is 35.5. The van der Waals surface area contributed by atoms with E-state index in [1.54, 1.807) is 12.1 Å². The first-order valence-corrected chi connectivity index (χ1v) is 14.3. The van der Waals surface area contributed by atoms with Crippen LogP contribution in [0.25, 0.3) is 0 Å². The van der Waals surface area contributed by atoms with E-state index in [4.69, 9.17) is 23.2 Å². The fourth-order valence-corrected chi connectivity index (χ4v) is 5.05. The van der Waals surface area contributed by atoms with Crippen molar-refractivity contribution in [3.8, 4) is 0 Å². The molecule has 9 heteroatoms. The summed E-state index contributed by atoms with van der Waals surface area (Å²) < 4.78 is 22.8. The molecule has 34 heavy (non-hydrogen) atoms. The Hall–Kier alpha value is -1.64. The van der Waals surface area contributed by atoms with Crippen LogP contribution in [0.3, 0.4) is 0 Å². The maximum atomic E-state index is 13.5. The second-order valence-electron chi connectivity index (χ2n) is 9.27. The molecule has 1 amide bonds. The van der Waals surface area contributed by atoms with Crippen LogP contribution in [0.4, 0.5) is 0 Å². The van der Waals surface area contributed by atoms with Gasteiger partial charge in [0.25, 0.3) is 0 Å². The number of carbonyl (C=O) groups excluding carboxylic acids is 1. The normalized spacial score (nSPS) is 17.3. The van der Waals surface area contributed by atoms with Gasteiger partial charge in [0.2, 0.25) is 5.91 Å². The number of rotatable bonds is 10. The maximum absolute atomic E-state index is 13.5. The molecule has 0 radical (unpaired) electrons. The Morgan fingerprint density at radius 1 is 1.09 bits per heavy atom. The smallest absolute Gasteiger partial charge is 0.230 e. The van der Waals surface area contributed by atoms with Crippen molar-refractivity contribution in [2.45, 2.75) is 44.2 Å². The lowest BCUT2D eigenvalue weighted by molar-refractivity contribution is -0.126. The molecular formula is C25H33Cl2N3O3S. The van der Waals surface area contributed by atoms with Crippen LogP contribution < -0.4 is 10.6 Å². The molecular weight excluding hydrogens is 493 g/mol. The highest BCUT2D eigenvalue weighted by molar-refractivity contribution is 7.90. The minimum absolute atomic E-state index is 0.00858. The Balaban J connectivity index is 1.65. The van der Waals surface area contributed by atoms with Crippen LogP contribution in [0.15, 0.2) is 48.5 Å². The lowest BCUT2D eigenvalue weighted by Crippen LogP contribution is -2.47. The lowest BCUT2D eigenvalue weighted by atomic mass is 9.78. The predicted octanol–water partition coefficient (Wildman–Crippen LogP) is 4.01. The van der Waals surface area contributed by atoms with Gasteiger partial charge in [-0.2, -0.15) is 0 Å². The van der Waals surface area contributed by atoms with Crippen molar-refractivity contribution < 1.29 is 13.2 Å². The summed E-state index contributed by atoms with van der Waals surface area (Å²) in [6.45, 7) is 4.85. The minimum atomic E-state index is -3.03. The molecule has 6 nitrogen and oxygen atoms in total. The predicted molar refractivity (Wildman–Crippen MR) is 139 cm³/mol. The molecule has 1 aliphatic rings. The van der Waals surface area contributed by atoms with E-state index in [0.717, 1.165) is 43.6 Å². The molecule has 0 bridgehead atoms. The van der Waals surface area contributed by atoms with Crippen molar-refractivity contribution >= 4 is 38.9 Å². The van der Waals surface area contributed by atoms with Crippen molar-refractivity contribution in [2.24, 2.45) is 0 Å². The third-order valence-corrected chi connectivity index (χ3v) is 7.93. The molecule has 1 heterocycles. The van der Waals surface area contributed by atoms with E-state index >= 15 is 0 Å². The van der Waals surface area contributed by atoms with Crippen molar-refractivity contribution in [1.29, 1.82) is 0 Å². The number of halogens is 2. The van der Waals surface area contributed by atoms with Gasteiger partial charge in [0.15, 0.2) is 9.84 Å². The summed E-state index contributed by atoms with van der Waals surface area (Å²) in [6, 6.07) is 15.4. The number of amides is 1. The van der Waals surface area contributed by atoms with Gasteiger partial charge in [-0.1, -0.05) is 59.6 Å². The Kier molecular flexibility index (Phi) is 9.41. The van der Waals surface area contributed by atoms with Crippen LogP contribution in [-0.4, -0.2) is 57.0 Å². The monoisotopic (exact) mass is 525 g/mol. The van der Waals surface area contributed by atoms with Crippen molar-refractivity contribution in [1.82, 2.24) is 15.5 Å². The molecule has 1 atom stereocenters. The Morgan fingerprint density at radius 3 is 2.38 bits per heavy atom. The van der Waals surface area contributed by atoms with Crippen molar-refractivity contribution in [3.05, 3.63) is 69.7 Å². The molecule has 1 aliphatic heterocycles. The maximum Gasteiger partial charge on any atom is 0.230 e. The summed E-state index contributed by atoms with van der Waals surface area (Å²) in [7, 11) is -3.03. The summed E-state index contributed by atoms with van der Waals surface area (Å²) in [4.78, 5) is 15.8. The van der Waals surface area contributed by atoms with E-state index < -0.39 is 15.3 Å². The first kappa shape index (κ1) is 27.0. The van der Waals surface area contributed by atoms with Crippen LogP contribution >= 0.6 is 23.2 Å². The molecule has 0 aromatic heterocycles. The fourth-order valence-electron chi connectivity index (χ4n) is 4.21. The minimum Gasteiger partial charge on any atom is -0.351 e. The number of sulfone groups is 1. The molecule has 0 saturated carbocycles. The third kappa shape index (κ3) is 7.68. The number of hydrogen-bond acceptors (Lipinski definition) is 5. The van der Waals surface area contributed by atoms with Gasteiger partial charge in [-0.25, -0.2) is 8.42 Å². The number of nitrogens with one attached hydrogen (secondary N) is 2. The zero-order chi connectivity index (χ0) is 24.8. The summed E-state index contributed by atoms with van der Waals surface area (Å²) in [5, 5.41) is 7.12. The molecule has 0 spiro atoms. The number of piperidine rings is 1. The van der Waals surface area contributed by atoms with E-state index in [2.05, 4.69) is 15.5 Å². The van der Waals surface area contributed by atoms with Crippen LogP contribution in [0.1, 0.15) is 37.3 Å². The van der Waals surface area contributed by atoms with E-state index in [1.807, 2.05) is 43.3 Å². The molecule has 0 aliphatic carbocycles. The number of hydrogen-bond donors (Lipinski definition) is 2. The molecule has 3 rings (SSSR count). The number of benzene rings is 2. The van der Waals surface area contributed by atoms with Crippen LogP contribution in [0.2, 0.25) is 10.0 Å². The van der Waals surface area contributed by atoms with Crippen LogP contribution in [0, 0.1) is 0 Å². The first-order valence-electron chi connectivity index (χ1n) is 11.5. The quantitative estimate of drug-likeness (QED) is 0.489. The van der Waals surface area contributed by atoms with Gasteiger partial charge in [0.05, 0.1) is 21.3 Å². The highest BCUT2D eigenvalue weighted by Gasteiger charge is 2.36. The van der Waals surface area contributed by atoms with Gasteiger partial charge < -0.3 is 15.5 Å². The zero-order valence-electron chi connectivity index (χ0n) is 19.7. The van der Waals surface area contributed by atoms with E-state index in [1.165, 1.54) is 6.26 Å². The Bertz CT molecular complexity index is 1070. The molecule has 2 aromatic rings. The fraction of sp³-hybridized carbons (Fsp3) is 0.480. The molecule has 2 N–H and O–H groups in total. The first-order chi connectivity index (χ1) is 16.1. The Labute approximate surface area is 212 Å². The molecule has 1 fully saturated rings. The standard InChI is InChI=1S/C25H33Cl2N3O3S/c1-25(20-8-9-22(26)23(27)16-20,24(31)28-17-19-6-4-3-5-7-19)12-15-30-13-10-21(11-14-30)29-18-34(2,32)33/h3-9,16,21,29H,10-15,17-18H2,1-2H3,(H,28,31). The molecule has 2 aromatic carbocycles. The zero-order valence-corrected chi connectivity index (χ0v) is 22.0. The average molecular weight is 527 g/mol.